The van der Waals surface area contributed by atoms with Gasteiger partial charge in [0, 0.05) is 12.6 Å². The van der Waals surface area contributed by atoms with Crippen molar-refractivity contribution < 1.29 is 13.9 Å². The van der Waals surface area contributed by atoms with Crippen molar-refractivity contribution in [3.63, 3.8) is 0 Å². The maximum absolute atomic E-state index is 13.7. The predicted octanol–water partition coefficient (Wildman–Crippen LogP) is 2.98. The van der Waals surface area contributed by atoms with Crippen molar-refractivity contribution in [3.05, 3.63) is 59.4 Å². The fraction of sp³-hybridized carbons (Fsp3) is 0.125. The Bertz CT molecular complexity index is 722. The monoisotopic (exact) mass is 284 g/mol. The molecule has 0 N–H and O–H groups in total. The highest BCUT2D eigenvalue weighted by atomic mass is 19.1. The van der Waals surface area contributed by atoms with Crippen molar-refractivity contribution in [2.45, 2.75) is 0 Å². The van der Waals surface area contributed by atoms with Gasteiger partial charge >= 0.3 is 0 Å². The Morgan fingerprint density at radius 1 is 1.29 bits per heavy atom. The van der Waals surface area contributed by atoms with Crippen LogP contribution in [0.1, 0.15) is 15.9 Å². The van der Waals surface area contributed by atoms with E-state index in [9.17, 15) is 9.18 Å². The number of hydrogen-bond acceptors (Lipinski definition) is 3. The van der Waals surface area contributed by atoms with Crippen LogP contribution in [0.3, 0.4) is 0 Å². The Morgan fingerprint density at radius 2 is 2.00 bits per heavy atom. The van der Waals surface area contributed by atoms with Crippen LogP contribution in [-0.4, -0.2) is 20.1 Å². The lowest BCUT2D eigenvalue weighted by Gasteiger charge is -2.18. The van der Waals surface area contributed by atoms with Gasteiger partial charge in [0.2, 0.25) is 0 Å². The van der Waals surface area contributed by atoms with Crippen LogP contribution in [0.15, 0.2) is 42.5 Å². The summed E-state index contributed by atoms with van der Waals surface area (Å²) in [5.41, 5.74) is 1.03. The van der Waals surface area contributed by atoms with E-state index in [0.29, 0.717) is 11.3 Å². The van der Waals surface area contributed by atoms with Gasteiger partial charge in [0.1, 0.15) is 6.07 Å². The molecule has 0 aliphatic heterocycles. The predicted molar refractivity (Wildman–Crippen MR) is 76.8 cm³/mol. The third-order valence-corrected chi connectivity index (χ3v) is 3.09. The van der Waals surface area contributed by atoms with E-state index in [1.807, 2.05) is 6.07 Å². The molecule has 21 heavy (non-hydrogen) atoms. The summed E-state index contributed by atoms with van der Waals surface area (Å²) in [5, 5.41) is 9.07. The first-order valence-electron chi connectivity index (χ1n) is 6.19. The Morgan fingerprint density at radius 3 is 2.62 bits per heavy atom. The van der Waals surface area contributed by atoms with Crippen LogP contribution in [0, 0.1) is 17.1 Å². The number of para-hydroxylation sites is 1. The van der Waals surface area contributed by atoms with E-state index in [4.69, 9.17) is 10.00 Å². The second-order valence-electron chi connectivity index (χ2n) is 4.34. The van der Waals surface area contributed by atoms with Gasteiger partial charge in [-0.3, -0.25) is 4.79 Å². The zero-order valence-electron chi connectivity index (χ0n) is 11.6. The van der Waals surface area contributed by atoms with Crippen molar-refractivity contribution >= 4 is 11.6 Å². The van der Waals surface area contributed by atoms with Crippen LogP contribution < -0.4 is 9.64 Å². The van der Waals surface area contributed by atoms with E-state index >= 15 is 0 Å². The maximum Gasteiger partial charge on any atom is 0.258 e. The molecule has 0 saturated heterocycles. The lowest BCUT2D eigenvalue weighted by atomic mass is 10.1. The minimum Gasteiger partial charge on any atom is -0.494 e. The van der Waals surface area contributed by atoms with Gasteiger partial charge in [-0.05, 0) is 30.3 Å². The van der Waals surface area contributed by atoms with Crippen LogP contribution in [0.4, 0.5) is 10.1 Å². The van der Waals surface area contributed by atoms with Gasteiger partial charge in [-0.2, -0.15) is 5.26 Å². The number of anilines is 1. The summed E-state index contributed by atoms with van der Waals surface area (Å²) in [5.74, 6) is -0.934. The second kappa shape index (κ2) is 6.06. The molecule has 106 valence electrons. The van der Waals surface area contributed by atoms with Gasteiger partial charge in [0.05, 0.1) is 18.4 Å². The maximum atomic E-state index is 13.7. The van der Waals surface area contributed by atoms with Gasteiger partial charge in [-0.1, -0.05) is 12.1 Å². The van der Waals surface area contributed by atoms with E-state index in [0.717, 1.165) is 6.07 Å². The first kappa shape index (κ1) is 14.5. The minimum atomic E-state index is -0.606. The molecule has 0 heterocycles. The number of halogens is 1. The molecule has 0 spiro atoms. The van der Waals surface area contributed by atoms with E-state index in [1.165, 1.54) is 24.1 Å². The number of methoxy groups -OCH3 is 1. The fourth-order valence-electron chi connectivity index (χ4n) is 1.96. The molecule has 5 heteroatoms. The van der Waals surface area contributed by atoms with Crippen LogP contribution in [-0.2, 0) is 0 Å². The summed E-state index contributed by atoms with van der Waals surface area (Å²) in [4.78, 5) is 13.7. The summed E-state index contributed by atoms with van der Waals surface area (Å²) >= 11 is 0. The molecule has 0 bridgehead atoms. The SMILES string of the molecule is COc1ccc(C(=O)N(C)c2ccccc2C#N)cc1F. The molecule has 0 aromatic heterocycles. The number of nitriles is 1. The lowest BCUT2D eigenvalue weighted by molar-refractivity contribution is 0.0992. The number of amides is 1. The summed E-state index contributed by atoms with van der Waals surface area (Å²) in [6, 6.07) is 12.7. The number of carbonyl (C=O) groups excluding carboxylic acids is 1. The molecule has 1 amide bonds. The van der Waals surface area contributed by atoms with E-state index in [2.05, 4.69) is 0 Å². The molecule has 2 aromatic rings. The van der Waals surface area contributed by atoms with Gasteiger partial charge in [0.25, 0.3) is 5.91 Å². The standard InChI is InChI=1S/C16H13FN2O2/c1-19(14-6-4-3-5-12(14)10-18)16(20)11-7-8-15(21-2)13(17)9-11/h3-9H,1-2H3. The zero-order valence-corrected chi connectivity index (χ0v) is 11.6. The van der Waals surface area contributed by atoms with Crippen molar-refractivity contribution in [2.75, 3.05) is 19.1 Å². The number of rotatable bonds is 3. The average molecular weight is 284 g/mol. The van der Waals surface area contributed by atoms with Crippen molar-refractivity contribution in [3.8, 4) is 11.8 Å². The smallest absolute Gasteiger partial charge is 0.258 e. The van der Waals surface area contributed by atoms with Gasteiger partial charge in [-0.25, -0.2) is 4.39 Å². The molecule has 0 unspecified atom stereocenters. The van der Waals surface area contributed by atoms with Crippen molar-refractivity contribution in [1.29, 1.82) is 5.26 Å². The van der Waals surface area contributed by atoms with Crippen LogP contribution in [0.25, 0.3) is 0 Å². The van der Waals surface area contributed by atoms with E-state index < -0.39 is 11.7 Å². The molecular weight excluding hydrogens is 271 g/mol. The fourth-order valence-corrected chi connectivity index (χ4v) is 1.96. The Kier molecular flexibility index (Phi) is 4.19. The first-order valence-corrected chi connectivity index (χ1v) is 6.19. The van der Waals surface area contributed by atoms with Crippen molar-refractivity contribution in [2.24, 2.45) is 0 Å². The molecule has 0 saturated carbocycles. The van der Waals surface area contributed by atoms with Gasteiger partial charge in [-0.15, -0.1) is 0 Å². The molecule has 0 aliphatic carbocycles. The topological polar surface area (TPSA) is 53.3 Å². The number of benzene rings is 2. The van der Waals surface area contributed by atoms with Gasteiger partial charge in [0.15, 0.2) is 11.6 Å². The Balaban J connectivity index is 2.36. The summed E-state index contributed by atoms with van der Waals surface area (Å²) in [6.07, 6.45) is 0. The van der Waals surface area contributed by atoms with E-state index in [-0.39, 0.29) is 11.3 Å². The van der Waals surface area contributed by atoms with Crippen LogP contribution >= 0.6 is 0 Å². The minimum absolute atomic E-state index is 0.0756. The van der Waals surface area contributed by atoms with Crippen LogP contribution in [0.2, 0.25) is 0 Å². The van der Waals surface area contributed by atoms with Gasteiger partial charge < -0.3 is 9.64 Å². The highest BCUT2D eigenvalue weighted by Gasteiger charge is 2.17. The largest absolute Gasteiger partial charge is 0.494 e. The van der Waals surface area contributed by atoms with E-state index in [1.54, 1.807) is 31.3 Å². The van der Waals surface area contributed by atoms with Crippen molar-refractivity contribution in [1.82, 2.24) is 0 Å². The second-order valence-corrected chi connectivity index (χ2v) is 4.34. The molecule has 4 nitrogen and oxygen atoms in total. The quantitative estimate of drug-likeness (QED) is 0.870. The Hall–Kier alpha value is -2.87. The number of hydrogen-bond donors (Lipinski definition) is 0. The highest BCUT2D eigenvalue weighted by molar-refractivity contribution is 6.06. The molecule has 0 aliphatic rings. The van der Waals surface area contributed by atoms with Crippen LogP contribution in [0.5, 0.6) is 5.75 Å². The molecule has 0 atom stereocenters. The molecule has 2 aromatic carbocycles. The average Bonchev–Trinajstić information content (AvgIpc) is 2.53. The zero-order chi connectivity index (χ0) is 15.4. The lowest BCUT2D eigenvalue weighted by Crippen LogP contribution is -2.27. The molecule has 2 rings (SSSR count). The Labute approximate surface area is 122 Å². The number of carbonyl (C=O) groups is 1. The normalized spacial score (nSPS) is 9.81. The summed E-state index contributed by atoms with van der Waals surface area (Å²) in [7, 11) is 2.90. The number of nitrogens with zero attached hydrogens (tertiary/aromatic N) is 2. The first-order chi connectivity index (χ1) is 10.1. The third-order valence-electron chi connectivity index (χ3n) is 3.09. The summed E-state index contributed by atoms with van der Waals surface area (Å²) < 4.78 is 18.5. The highest BCUT2D eigenvalue weighted by Crippen LogP contribution is 2.22. The molecule has 0 fully saturated rings. The molecule has 0 radical (unpaired) electrons. The molecular formula is C16H13FN2O2. The third kappa shape index (κ3) is 2.84. The number of ether oxygens (including phenoxy) is 1. The summed E-state index contributed by atoms with van der Waals surface area (Å²) in [6.45, 7) is 0.